The van der Waals surface area contributed by atoms with Gasteiger partial charge in [0.1, 0.15) is 47.8 Å². The number of halogens is 2. The first-order valence-corrected chi connectivity index (χ1v) is 13.2. The van der Waals surface area contributed by atoms with Crippen molar-refractivity contribution < 1.29 is 24.4 Å². The van der Waals surface area contributed by atoms with E-state index in [4.69, 9.17) is 16.3 Å². The number of aliphatic hydroxyl groups is 3. The van der Waals surface area contributed by atoms with Gasteiger partial charge < -0.3 is 20.1 Å². The van der Waals surface area contributed by atoms with Crippen molar-refractivity contribution in [2.45, 2.75) is 44.3 Å². The highest BCUT2D eigenvalue weighted by Crippen LogP contribution is 2.39. The molecule has 0 amide bonds. The van der Waals surface area contributed by atoms with E-state index in [1.807, 2.05) is 25.1 Å². The molecule has 0 saturated carbocycles. The highest BCUT2D eigenvalue weighted by molar-refractivity contribution is 7.18. The highest BCUT2D eigenvalue weighted by Gasteiger charge is 2.48. The second-order valence-corrected chi connectivity index (χ2v) is 10.9. The van der Waals surface area contributed by atoms with Gasteiger partial charge in [-0.2, -0.15) is 0 Å². The van der Waals surface area contributed by atoms with Crippen molar-refractivity contribution >= 4 is 33.2 Å². The number of thiazole rings is 1. The van der Waals surface area contributed by atoms with Crippen LogP contribution in [-0.2, 0) is 4.74 Å². The van der Waals surface area contributed by atoms with Gasteiger partial charge >= 0.3 is 0 Å². The van der Waals surface area contributed by atoms with Gasteiger partial charge in [-0.05, 0) is 44.2 Å². The summed E-state index contributed by atoms with van der Waals surface area (Å²) in [4.78, 5) is 4.50. The third-order valence-electron chi connectivity index (χ3n) is 6.76. The number of hydrogen-bond acceptors (Lipinski definition) is 10. The number of benzene rings is 2. The van der Waals surface area contributed by atoms with Crippen LogP contribution < -0.4 is 0 Å². The van der Waals surface area contributed by atoms with E-state index in [2.05, 4.69) is 25.5 Å². The lowest BCUT2D eigenvalue weighted by molar-refractivity contribution is -0.210. The molecular formula is C25H23ClFN7O4S. The van der Waals surface area contributed by atoms with Crippen LogP contribution in [-0.4, -0.2) is 75.0 Å². The van der Waals surface area contributed by atoms with Gasteiger partial charge in [-0.15, -0.1) is 26.6 Å². The van der Waals surface area contributed by atoms with Crippen LogP contribution in [0.25, 0.3) is 27.2 Å². The van der Waals surface area contributed by atoms with Crippen molar-refractivity contribution in [3.8, 4) is 16.9 Å². The van der Waals surface area contributed by atoms with E-state index in [-0.39, 0.29) is 10.8 Å². The van der Waals surface area contributed by atoms with E-state index < -0.39 is 42.9 Å². The molecule has 3 N–H and O–H groups in total. The fourth-order valence-corrected chi connectivity index (χ4v) is 5.87. The van der Waals surface area contributed by atoms with E-state index >= 15 is 0 Å². The largest absolute Gasteiger partial charge is 0.394 e. The molecule has 0 bridgehead atoms. The Balaban J connectivity index is 1.39. The SMILES string of the molecule is Cc1nc2ccc(-n3c(C)nnc3[C@@H]3O[C@H](CO)[C@H](O)[C@H](n4cc(-c5ccc(Cl)c(F)c5)nn4)[C@H]3O)cc2s1. The van der Waals surface area contributed by atoms with Gasteiger partial charge in [0, 0.05) is 5.56 Å². The van der Waals surface area contributed by atoms with Gasteiger partial charge in [-0.3, -0.25) is 4.57 Å². The van der Waals surface area contributed by atoms with Gasteiger partial charge in [0.2, 0.25) is 0 Å². The number of aromatic nitrogens is 7. The lowest BCUT2D eigenvalue weighted by Crippen LogP contribution is -2.53. The molecule has 1 aliphatic rings. The van der Waals surface area contributed by atoms with E-state index in [1.165, 1.54) is 23.0 Å². The van der Waals surface area contributed by atoms with Crippen LogP contribution in [0.1, 0.15) is 28.8 Å². The molecule has 1 aliphatic heterocycles. The predicted octanol–water partition coefficient (Wildman–Crippen LogP) is 2.94. The van der Waals surface area contributed by atoms with Crippen molar-refractivity contribution in [2.24, 2.45) is 0 Å². The van der Waals surface area contributed by atoms with E-state index in [0.717, 1.165) is 20.9 Å². The summed E-state index contributed by atoms with van der Waals surface area (Å²) >= 11 is 7.35. The average molecular weight is 572 g/mol. The molecule has 2 aromatic carbocycles. The Kier molecular flexibility index (Phi) is 6.65. The number of aryl methyl sites for hydroxylation is 2. The highest BCUT2D eigenvalue weighted by atomic mass is 35.5. The summed E-state index contributed by atoms with van der Waals surface area (Å²) in [6.45, 7) is 3.19. The van der Waals surface area contributed by atoms with Crippen molar-refractivity contribution in [3.63, 3.8) is 0 Å². The summed E-state index contributed by atoms with van der Waals surface area (Å²) in [5, 5.41) is 50.2. The molecule has 5 aromatic rings. The van der Waals surface area contributed by atoms with E-state index in [1.54, 1.807) is 28.9 Å². The zero-order chi connectivity index (χ0) is 27.4. The second kappa shape index (κ2) is 10.0. The van der Waals surface area contributed by atoms with Crippen LogP contribution in [0.5, 0.6) is 0 Å². The van der Waals surface area contributed by atoms with Gasteiger partial charge in [-0.25, -0.2) is 14.1 Å². The van der Waals surface area contributed by atoms with Crippen molar-refractivity contribution in [2.75, 3.05) is 6.61 Å². The van der Waals surface area contributed by atoms with Crippen LogP contribution in [0, 0.1) is 19.7 Å². The van der Waals surface area contributed by atoms with Gasteiger partial charge in [0.15, 0.2) is 5.82 Å². The summed E-state index contributed by atoms with van der Waals surface area (Å²) in [5.41, 5.74) is 2.34. The number of rotatable bonds is 5. The summed E-state index contributed by atoms with van der Waals surface area (Å²) in [5.74, 6) is 0.227. The Morgan fingerprint density at radius 1 is 1.08 bits per heavy atom. The molecular weight excluding hydrogens is 549 g/mol. The average Bonchev–Trinajstić information content (AvgIpc) is 3.63. The summed E-state index contributed by atoms with van der Waals surface area (Å²) < 4.78 is 24.0. The molecule has 0 spiro atoms. The first kappa shape index (κ1) is 25.9. The molecule has 3 aromatic heterocycles. The van der Waals surface area contributed by atoms with Crippen LogP contribution in [0.2, 0.25) is 5.02 Å². The molecule has 202 valence electrons. The Labute approximate surface area is 230 Å². The Morgan fingerprint density at radius 2 is 1.90 bits per heavy atom. The van der Waals surface area contributed by atoms with Crippen molar-refractivity contribution in [1.29, 1.82) is 0 Å². The third-order valence-corrected chi connectivity index (χ3v) is 8.01. The molecule has 1 saturated heterocycles. The number of aliphatic hydroxyl groups excluding tert-OH is 3. The molecule has 0 aliphatic carbocycles. The van der Waals surface area contributed by atoms with Gasteiger partial charge in [0.25, 0.3) is 0 Å². The Bertz CT molecular complexity index is 1670. The smallest absolute Gasteiger partial charge is 0.169 e. The normalized spacial score (nSPS) is 23.5. The molecule has 0 radical (unpaired) electrons. The van der Waals surface area contributed by atoms with Crippen LogP contribution >= 0.6 is 22.9 Å². The number of hydrogen-bond donors (Lipinski definition) is 3. The van der Waals surface area contributed by atoms with Gasteiger partial charge in [0.05, 0.1) is 38.7 Å². The monoisotopic (exact) mass is 571 g/mol. The summed E-state index contributed by atoms with van der Waals surface area (Å²) in [6.07, 6.45) is -3.38. The maximum Gasteiger partial charge on any atom is 0.169 e. The molecule has 6 rings (SSSR count). The minimum Gasteiger partial charge on any atom is -0.394 e. The molecule has 5 atom stereocenters. The van der Waals surface area contributed by atoms with Crippen LogP contribution in [0.3, 0.4) is 0 Å². The molecule has 0 unspecified atom stereocenters. The predicted molar refractivity (Wildman–Crippen MR) is 140 cm³/mol. The third kappa shape index (κ3) is 4.50. The van der Waals surface area contributed by atoms with E-state index in [0.29, 0.717) is 17.1 Å². The number of nitrogens with zero attached hydrogens (tertiary/aromatic N) is 7. The zero-order valence-electron chi connectivity index (χ0n) is 20.7. The molecule has 1 fully saturated rings. The summed E-state index contributed by atoms with van der Waals surface area (Å²) in [6, 6.07) is 8.87. The maximum absolute atomic E-state index is 14.0. The Morgan fingerprint density at radius 3 is 2.67 bits per heavy atom. The topological polar surface area (TPSA) is 144 Å². The second-order valence-electron chi connectivity index (χ2n) is 9.29. The maximum atomic E-state index is 14.0. The minimum atomic E-state index is -1.36. The van der Waals surface area contributed by atoms with E-state index in [9.17, 15) is 19.7 Å². The number of fused-ring (bicyclic) bond motifs is 1. The lowest BCUT2D eigenvalue weighted by Gasteiger charge is -2.41. The zero-order valence-corrected chi connectivity index (χ0v) is 22.3. The van der Waals surface area contributed by atoms with Crippen molar-refractivity contribution in [1.82, 2.24) is 34.7 Å². The number of ether oxygens (including phenoxy) is 1. The van der Waals surface area contributed by atoms with Crippen molar-refractivity contribution in [3.05, 3.63) is 70.1 Å². The fraction of sp³-hybridized carbons (Fsp3) is 0.320. The van der Waals surface area contributed by atoms with Crippen LogP contribution in [0.15, 0.2) is 42.6 Å². The fourth-order valence-electron chi connectivity index (χ4n) is 4.89. The molecule has 39 heavy (non-hydrogen) atoms. The summed E-state index contributed by atoms with van der Waals surface area (Å²) in [7, 11) is 0. The molecule has 4 heterocycles. The van der Waals surface area contributed by atoms with Gasteiger partial charge in [-0.1, -0.05) is 22.9 Å². The lowest BCUT2D eigenvalue weighted by atomic mass is 9.92. The minimum absolute atomic E-state index is 0.0286. The first-order chi connectivity index (χ1) is 18.7. The Hall–Kier alpha value is -3.33. The van der Waals surface area contributed by atoms with Crippen LogP contribution in [0.4, 0.5) is 4.39 Å². The standard InChI is InChI=1S/C25H23ClFN7O4S/c1-11-29-31-25(34(11)14-4-6-17-20(8-14)39-12(2)28-17)24-23(37)21(22(36)19(10-35)38-24)33-9-18(30-32-33)13-3-5-15(26)16(27)7-13/h3-9,19,21-24,35-37H,10H2,1-2H3/t19-,21+,22+,23-,24-/m1/s1. The molecule has 14 heteroatoms. The molecule has 11 nitrogen and oxygen atoms in total. The quantitative estimate of drug-likeness (QED) is 0.290. The first-order valence-electron chi connectivity index (χ1n) is 12.0.